The summed E-state index contributed by atoms with van der Waals surface area (Å²) in [5, 5.41) is 0. The van der Waals surface area contributed by atoms with Crippen LogP contribution in [-0.4, -0.2) is 32.0 Å². The molecule has 0 fully saturated rings. The summed E-state index contributed by atoms with van der Waals surface area (Å²) in [6.45, 7) is 2.94. The molecule has 0 N–H and O–H groups in total. The average molecular weight is 216 g/mol. The Morgan fingerprint density at radius 2 is 1.92 bits per heavy atom. The van der Waals surface area contributed by atoms with Crippen molar-refractivity contribution in [3.8, 4) is 0 Å². The van der Waals surface area contributed by atoms with Crippen LogP contribution in [0.1, 0.15) is 0 Å². The van der Waals surface area contributed by atoms with Crippen molar-refractivity contribution in [2.75, 3.05) is 7.05 Å². The lowest BCUT2D eigenvalue weighted by Crippen LogP contribution is -2.34. The van der Waals surface area contributed by atoms with E-state index in [0.29, 0.717) is 6.20 Å². The minimum atomic E-state index is -5.30. The third kappa shape index (κ3) is 2.72. The van der Waals surface area contributed by atoms with Crippen LogP contribution in [0.2, 0.25) is 0 Å². The molecular weight excluding hydrogens is 209 g/mol. The third-order valence-electron chi connectivity index (χ3n) is 1.05. The van der Waals surface area contributed by atoms with Crippen molar-refractivity contribution in [1.29, 1.82) is 0 Å². The van der Waals surface area contributed by atoms with E-state index in [9.17, 15) is 21.6 Å². The Morgan fingerprint density at radius 1 is 1.46 bits per heavy atom. The van der Waals surface area contributed by atoms with Gasteiger partial charge in [0.1, 0.15) is 0 Å². The molecule has 0 rings (SSSR count). The summed E-state index contributed by atoms with van der Waals surface area (Å²) in [4.78, 5) is 3.07. The van der Waals surface area contributed by atoms with Crippen LogP contribution in [0.3, 0.4) is 0 Å². The molecule has 0 saturated heterocycles. The molecule has 0 aromatic heterocycles. The molecule has 0 saturated carbocycles. The van der Waals surface area contributed by atoms with Crippen LogP contribution < -0.4 is 0 Å². The second kappa shape index (κ2) is 3.77. The van der Waals surface area contributed by atoms with Crippen molar-refractivity contribution in [1.82, 2.24) is 4.31 Å². The lowest BCUT2D eigenvalue weighted by atomic mass is 10.9. The highest BCUT2D eigenvalue weighted by Crippen LogP contribution is 2.25. The molecular formula is C5H7F3N2O2S. The number of halogens is 3. The Labute approximate surface area is 73.4 Å². The zero-order valence-electron chi connectivity index (χ0n) is 6.61. The molecule has 0 radical (unpaired) electrons. The smallest absolute Gasteiger partial charge is 0.271 e. The first-order chi connectivity index (χ1) is 5.73. The highest BCUT2D eigenvalue weighted by Gasteiger charge is 2.48. The highest BCUT2D eigenvalue weighted by molar-refractivity contribution is 7.90. The van der Waals surface area contributed by atoms with Crippen molar-refractivity contribution >= 4 is 16.7 Å². The average Bonchev–Trinajstić information content (AvgIpc) is 1.97. The van der Waals surface area contributed by atoms with Crippen molar-refractivity contribution in [2.45, 2.75) is 5.51 Å². The fourth-order valence-corrected chi connectivity index (χ4v) is 0.926. The summed E-state index contributed by atoms with van der Waals surface area (Å²) >= 11 is 0. The Balaban J connectivity index is 4.87. The molecule has 0 aromatic carbocycles. The van der Waals surface area contributed by atoms with Gasteiger partial charge in [-0.2, -0.15) is 21.6 Å². The summed E-state index contributed by atoms with van der Waals surface area (Å²) < 4.78 is 56.5. The number of aliphatic imine (C=N–C) groups is 1. The lowest BCUT2D eigenvalue weighted by Gasteiger charge is -2.15. The van der Waals surface area contributed by atoms with E-state index in [1.807, 2.05) is 0 Å². The van der Waals surface area contributed by atoms with E-state index in [1.165, 1.54) is 0 Å². The first-order valence-corrected chi connectivity index (χ1v) is 4.34. The van der Waals surface area contributed by atoms with Crippen LogP contribution in [0.25, 0.3) is 0 Å². The van der Waals surface area contributed by atoms with E-state index in [2.05, 4.69) is 11.7 Å². The standard InChI is InChI=1S/C5H7F3N2O2S/c1-9-3-4-10(2)13(11,12)5(6,7)8/h3-4H,1H2,2H3/b4-3-. The van der Waals surface area contributed by atoms with Gasteiger partial charge >= 0.3 is 15.5 Å². The van der Waals surface area contributed by atoms with E-state index in [-0.39, 0.29) is 4.31 Å². The molecule has 0 heterocycles. The van der Waals surface area contributed by atoms with E-state index in [4.69, 9.17) is 0 Å². The van der Waals surface area contributed by atoms with Gasteiger partial charge < -0.3 is 0 Å². The number of sulfonamides is 1. The molecule has 0 bridgehead atoms. The SMILES string of the molecule is C=N/C=C\N(C)S(=O)(=O)C(F)(F)F. The van der Waals surface area contributed by atoms with E-state index < -0.39 is 15.5 Å². The minimum Gasteiger partial charge on any atom is -0.271 e. The predicted octanol–water partition coefficient (Wildman–Crippen LogP) is 0.940. The molecule has 0 aliphatic rings. The molecule has 76 valence electrons. The quantitative estimate of drug-likeness (QED) is 0.659. The molecule has 0 aromatic rings. The number of nitrogens with zero attached hydrogens (tertiary/aromatic N) is 2. The first kappa shape index (κ1) is 11.9. The van der Waals surface area contributed by atoms with Crippen LogP contribution in [0.15, 0.2) is 17.4 Å². The minimum absolute atomic E-state index is 0.0156. The van der Waals surface area contributed by atoms with Crippen LogP contribution in [0.5, 0.6) is 0 Å². The molecule has 0 aliphatic carbocycles. The summed E-state index contributed by atoms with van der Waals surface area (Å²) in [5.74, 6) is 0. The fraction of sp³-hybridized carbons (Fsp3) is 0.400. The first-order valence-electron chi connectivity index (χ1n) is 2.90. The maximum atomic E-state index is 11.8. The molecule has 13 heavy (non-hydrogen) atoms. The Hall–Kier alpha value is -1.05. The van der Waals surface area contributed by atoms with Crippen LogP contribution in [0.4, 0.5) is 13.2 Å². The Kier molecular flexibility index (Phi) is 3.47. The predicted molar refractivity (Wildman–Crippen MR) is 41.4 cm³/mol. The lowest BCUT2D eigenvalue weighted by molar-refractivity contribution is -0.0472. The summed E-state index contributed by atoms with van der Waals surface area (Å²) in [5.41, 5.74) is -5.30. The van der Waals surface area contributed by atoms with Crippen molar-refractivity contribution in [3.05, 3.63) is 12.4 Å². The zero-order valence-corrected chi connectivity index (χ0v) is 7.43. The number of rotatable bonds is 3. The summed E-state index contributed by atoms with van der Waals surface area (Å²) in [6.07, 6.45) is 1.49. The number of hydrogen-bond donors (Lipinski definition) is 0. The van der Waals surface area contributed by atoms with Crippen molar-refractivity contribution in [3.63, 3.8) is 0 Å². The summed E-state index contributed by atoms with van der Waals surface area (Å²) in [6, 6.07) is 0. The zero-order chi connectivity index (χ0) is 10.7. The van der Waals surface area contributed by atoms with E-state index in [1.54, 1.807) is 0 Å². The van der Waals surface area contributed by atoms with Gasteiger partial charge in [-0.3, -0.25) is 9.30 Å². The maximum Gasteiger partial charge on any atom is 0.516 e. The van der Waals surface area contributed by atoms with Gasteiger partial charge in [0, 0.05) is 19.4 Å². The molecule has 0 amide bonds. The van der Waals surface area contributed by atoms with Crippen molar-refractivity contribution in [2.24, 2.45) is 4.99 Å². The maximum absolute atomic E-state index is 11.8. The molecule has 0 unspecified atom stereocenters. The molecule has 0 aliphatic heterocycles. The molecule has 8 heteroatoms. The second-order valence-corrected chi connectivity index (χ2v) is 3.94. The Bertz CT molecular complexity index is 306. The van der Waals surface area contributed by atoms with Gasteiger partial charge in [-0.25, -0.2) is 0 Å². The Morgan fingerprint density at radius 3 is 2.23 bits per heavy atom. The van der Waals surface area contributed by atoms with Crippen LogP contribution >= 0.6 is 0 Å². The normalized spacial score (nSPS) is 13.2. The van der Waals surface area contributed by atoms with Gasteiger partial charge in [-0.05, 0) is 6.72 Å². The van der Waals surface area contributed by atoms with Gasteiger partial charge in [0.2, 0.25) is 0 Å². The van der Waals surface area contributed by atoms with E-state index >= 15 is 0 Å². The van der Waals surface area contributed by atoms with Gasteiger partial charge in [0.25, 0.3) is 0 Å². The van der Waals surface area contributed by atoms with Gasteiger partial charge in [-0.15, -0.1) is 0 Å². The molecule has 0 atom stereocenters. The largest absolute Gasteiger partial charge is 0.516 e. The summed E-state index contributed by atoms with van der Waals surface area (Å²) in [7, 11) is -4.54. The monoisotopic (exact) mass is 216 g/mol. The van der Waals surface area contributed by atoms with Crippen LogP contribution in [0, 0.1) is 0 Å². The topological polar surface area (TPSA) is 49.7 Å². The van der Waals surface area contributed by atoms with Gasteiger partial charge in [0.15, 0.2) is 0 Å². The van der Waals surface area contributed by atoms with Gasteiger partial charge in [-0.1, -0.05) is 0 Å². The van der Waals surface area contributed by atoms with Crippen LogP contribution in [-0.2, 0) is 10.0 Å². The molecule has 0 spiro atoms. The van der Waals surface area contributed by atoms with Gasteiger partial charge in [0.05, 0.1) is 0 Å². The molecule has 4 nitrogen and oxygen atoms in total. The fourth-order valence-electron chi connectivity index (χ4n) is 0.384. The third-order valence-corrected chi connectivity index (χ3v) is 2.52. The highest BCUT2D eigenvalue weighted by atomic mass is 32.2. The number of alkyl halides is 3. The van der Waals surface area contributed by atoms with Crippen molar-refractivity contribution < 1.29 is 21.6 Å². The number of hydrogen-bond acceptors (Lipinski definition) is 3. The van der Waals surface area contributed by atoms with E-state index in [0.717, 1.165) is 13.2 Å². The second-order valence-electron chi connectivity index (χ2n) is 1.95.